The average molecular weight is 413 g/mol. The number of nitrogens with one attached hydrogen (secondary N) is 2. The van der Waals surface area contributed by atoms with Gasteiger partial charge in [-0.25, -0.2) is 0 Å². The molecular formula is C22H25ClN4O2. The first-order chi connectivity index (χ1) is 13.8. The highest BCUT2D eigenvalue weighted by atomic mass is 35.5. The van der Waals surface area contributed by atoms with E-state index in [9.17, 15) is 4.79 Å². The summed E-state index contributed by atoms with van der Waals surface area (Å²) < 4.78 is 7.46. The van der Waals surface area contributed by atoms with Crippen LogP contribution in [0.5, 0.6) is 0 Å². The molecule has 1 fully saturated rings. The standard InChI is InChI=1S/C22H24N4O2.ClH/c27-22(20-14-23-11-12-28-20)24-13-19-16-26(15-17-7-3-1-4-8-17)25-21(19)18-9-5-2-6-10-18;/h1-10,16,20,23H,11-15H2,(H,24,27);1H. The number of carbonyl (C=O) groups excluding carboxylic acids is 1. The SMILES string of the molecule is Cl.O=C(NCc1cn(Cc2ccccc2)nc1-c1ccccc1)C1CNCCO1. The Hall–Kier alpha value is -2.67. The normalized spacial score (nSPS) is 16.1. The molecule has 1 aromatic heterocycles. The van der Waals surface area contributed by atoms with Gasteiger partial charge in [0, 0.05) is 37.0 Å². The second kappa shape index (κ2) is 10.2. The fourth-order valence-electron chi connectivity index (χ4n) is 3.31. The van der Waals surface area contributed by atoms with Crippen LogP contribution in [-0.4, -0.2) is 41.5 Å². The summed E-state index contributed by atoms with van der Waals surface area (Å²) in [4.78, 5) is 12.4. The first-order valence-corrected chi connectivity index (χ1v) is 9.55. The number of nitrogens with zero attached hydrogens (tertiary/aromatic N) is 2. The van der Waals surface area contributed by atoms with Crippen molar-refractivity contribution in [1.29, 1.82) is 0 Å². The largest absolute Gasteiger partial charge is 0.366 e. The molecular weight excluding hydrogens is 388 g/mol. The van der Waals surface area contributed by atoms with Crippen molar-refractivity contribution in [3.8, 4) is 11.3 Å². The quantitative estimate of drug-likeness (QED) is 0.653. The minimum atomic E-state index is -0.437. The number of aromatic nitrogens is 2. The fraction of sp³-hybridized carbons (Fsp3) is 0.273. The van der Waals surface area contributed by atoms with Crippen molar-refractivity contribution in [2.45, 2.75) is 19.2 Å². The number of benzene rings is 2. The van der Waals surface area contributed by atoms with Gasteiger partial charge in [-0.3, -0.25) is 9.48 Å². The molecule has 0 aliphatic carbocycles. The highest BCUT2D eigenvalue weighted by Crippen LogP contribution is 2.22. The summed E-state index contributed by atoms with van der Waals surface area (Å²) in [5.41, 5.74) is 4.09. The summed E-state index contributed by atoms with van der Waals surface area (Å²) in [5, 5.41) is 11.0. The Morgan fingerprint density at radius 1 is 1.14 bits per heavy atom. The van der Waals surface area contributed by atoms with Crippen LogP contribution in [0.4, 0.5) is 0 Å². The van der Waals surface area contributed by atoms with Gasteiger partial charge in [-0.05, 0) is 5.56 Å². The van der Waals surface area contributed by atoms with Gasteiger partial charge in [-0.15, -0.1) is 12.4 Å². The molecule has 152 valence electrons. The Kier molecular flexibility index (Phi) is 7.41. The van der Waals surface area contributed by atoms with Crippen LogP contribution >= 0.6 is 12.4 Å². The molecule has 6 nitrogen and oxygen atoms in total. The van der Waals surface area contributed by atoms with Gasteiger partial charge >= 0.3 is 0 Å². The summed E-state index contributed by atoms with van der Waals surface area (Å²) >= 11 is 0. The molecule has 4 rings (SSSR count). The van der Waals surface area contributed by atoms with Crippen molar-refractivity contribution in [3.63, 3.8) is 0 Å². The van der Waals surface area contributed by atoms with Crippen molar-refractivity contribution in [2.75, 3.05) is 19.7 Å². The van der Waals surface area contributed by atoms with Crippen molar-refractivity contribution >= 4 is 18.3 Å². The van der Waals surface area contributed by atoms with Crippen molar-refractivity contribution in [1.82, 2.24) is 20.4 Å². The van der Waals surface area contributed by atoms with E-state index in [1.54, 1.807) is 0 Å². The molecule has 7 heteroatoms. The van der Waals surface area contributed by atoms with Gasteiger partial charge < -0.3 is 15.4 Å². The molecule has 2 N–H and O–H groups in total. The minimum Gasteiger partial charge on any atom is -0.366 e. The van der Waals surface area contributed by atoms with Crippen LogP contribution in [0, 0.1) is 0 Å². The maximum Gasteiger partial charge on any atom is 0.250 e. The Balaban J connectivity index is 0.00000240. The van der Waals surface area contributed by atoms with E-state index >= 15 is 0 Å². The molecule has 2 aromatic carbocycles. The molecule has 0 bridgehead atoms. The zero-order chi connectivity index (χ0) is 19.2. The van der Waals surface area contributed by atoms with E-state index in [0.29, 0.717) is 26.2 Å². The van der Waals surface area contributed by atoms with E-state index in [0.717, 1.165) is 23.4 Å². The lowest BCUT2D eigenvalue weighted by Crippen LogP contribution is -2.47. The van der Waals surface area contributed by atoms with E-state index < -0.39 is 6.10 Å². The van der Waals surface area contributed by atoms with E-state index in [4.69, 9.17) is 9.84 Å². The van der Waals surface area contributed by atoms with Crippen molar-refractivity contribution < 1.29 is 9.53 Å². The van der Waals surface area contributed by atoms with Gasteiger partial charge in [0.15, 0.2) is 0 Å². The van der Waals surface area contributed by atoms with E-state index in [-0.39, 0.29) is 18.3 Å². The van der Waals surface area contributed by atoms with Crippen LogP contribution in [0.3, 0.4) is 0 Å². The number of ether oxygens (including phenoxy) is 1. The van der Waals surface area contributed by atoms with Gasteiger partial charge in [-0.1, -0.05) is 60.7 Å². The molecule has 1 unspecified atom stereocenters. The van der Waals surface area contributed by atoms with E-state index in [1.165, 1.54) is 5.56 Å². The van der Waals surface area contributed by atoms with Crippen molar-refractivity contribution in [3.05, 3.63) is 78.0 Å². The number of carbonyl (C=O) groups is 1. The average Bonchev–Trinajstić information content (AvgIpc) is 3.16. The molecule has 0 radical (unpaired) electrons. The molecule has 3 aromatic rings. The van der Waals surface area contributed by atoms with Crippen molar-refractivity contribution in [2.24, 2.45) is 0 Å². The summed E-state index contributed by atoms with van der Waals surface area (Å²) in [6.45, 7) is 2.99. The van der Waals surface area contributed by atoms with Crippen LogP contribution in [0.25, 0.3) is 11.3 Å². The number of morpholine rings is 1. The predicted molar refractivity (Wildman–Crippen MR) is 115 cm³/mol. The van der Waals surface area contributed by atoms with E-state index in [1.807, 2.05) is 59.4 Å². The molecule has 1 aliphatic heterocycles. The molecule has 1 saturated heterocycles. The number of hydrogen-bond acceptors (Lipinski definition) is 4. The van der Waals surface area contributed by atoms with Gasteiger partial charge in [0.25, 0.3) is 5.91 Å². The minimum absolute atomic E-state index is 0. The lowest BCUT2D eigenvalue weighted by Gasteiger charge is -2.22. The van der Waals surface area contributed by atoms with Gasteiger partial charge in [0.05, 0.1) is 18.8 Å². The Morgan fingerprint density at radius 3 is 2.55 bits per heavy atom. The monoisotopic (exact) mass is 412 g/mol. The molecule has 0 saturated carbocycles. The fourth-order valence-corrected chi connectivity index (χ4v) is 3.31. The van der Waals surface area contributed by atoms with Crippen LogP contribution < -0.4 is 10.6 Å². The maximum atomic E-state index is 12.4. The molecule has 1 atom stereocenters. The summed E-state index contributed by atoms with van der Waals surface area (Å²) in [7, 11) is 0. The van der Waals surface area contributed by atoms with Gasteiger partial charge in [-0.2, -0.15) is 5.10 Å². The smallest absolute Gasteiger partial charge is 0.250 e. The summed E-state index contributed by atoms with van der Waals surface area (Å²) in [5.74, 6) is -0.0954. The second-order valence-corrected chi connectivity index (χ2v) is 6.83. The summed E-state index contributed by atoms with van der Waals surface area (Å²) in [6, 6.07) is 20.3. The van der Waals surface area contributed by atoms with Crippen LogP contribution in [0.2, 0.25) is 0 Å². The van der Waals surface area contributed by atoms with Crippen LogP contribution in [0.15, 0.2) is 66.9 Å². The first kappa shape index (κ1) is 21.0. The van der Waals surface area contributed by atoms with E-state index in [2.05, 4.69) is 22.8 Å². The second-order valence-electron chi connectivity index (χ2n) is 6.83. The molecule has 29 heavy (non-hydrogen) atoms. The Labute approximate surface area is 176 Å². The first-order valence-electron chi connectivity index (χ1n) is 9.55. The van der Waals surface area contributed by atoms with Crippen LogP contribution in [0.1, 0.15) is 11.1 Å². The third-order valence-electron chi connectivity index (χ3n) is 4.75. The topological polar surface area (TPSA) is 68.2 Å². The lowest BCUT2D eigenvalue weighted by molar-refractivity contribution is -0.134. The highest BCUT2D eigenvalue weighted by molar-refractivity contribution is 5.85. The predicted octanol–water partition coefficient (Wildman–Crippen LogP) is 2.62. The Morgan fingerprint density at radius 2 is 1.86 bits per heavy atom. The van der Waals surface area contributed by atoms with Crippen LogP contribution in [-0.2, 0) is 22.6 Å². The highest BCUT2D eigenvalue weighted by Gasteiger charge is 2.22. The zero-order valence-corrected chi connectivity index (χ0v) is 16.9. The molecule has 1 amide bonds. The third kappa shape index (κ3) is 5.44. The molecule has 0 spiro atoms. The maximum absolute atomic E-state index is 12.4. The number of hydrogen-bond donors (Lipinski definition) is 2. The summed E-state index contributed by atoms with van der Waals surface area (Å²) in [6.07, 6.45) is 1.57. The zero-order valence-electron chi connectivity index (χ0n) is 16.1. The van der Waals surface area contributed by atoms with Gasteiger partial charge in [0.2, 0.25) is 0 Å². The molecule has 2 heterocycles. The number of rotatable bonds is 6. The lowest BCUT2D eigenvalue weighted by atomic mass is 10.1. The van der Waals surface area contributed by atoms with Gasteiger partial charge in [0.1, 0.15) is 6.10 Å². The number of amides is 1. The number of halogens is 1. The molecule has 1 aliphatic rings. The Bertz CT molecular complexity index is 909. The third-order valence-corrected chi connectivity index (χ3v) is 4.75.